The quantitative estimate of drug-likeness (QED) is 0.430. The molecule has 2 aromatic carbocycles. The lowest BCUT2D eigenvalue weighted by Gasteiger charge is -2.15. The van der Waals surface area contributed by atoms with Gasteiger partial charge in [-0.15, -0.1) is 10.2 Å². The third-order valence-corrected chi connectivity index (χ3v) is 6.60. The predicted octanol–water partition coefficient (Wildman–Crippen LogP) is 5.33. The maximum Gasteiger partial charge on any atom is 0.191 e. The van der Waals surface area contributed by atoms with E-state index in [1.54, 1.807) is 24.9 Å². The molecule has 0 saturated carbocycles. The number of hydrogen-bond donors (Lipinski definition) is 0. The van der Waals surface area contributed by atoms with E-state index in [4.69, 9.17) is 9.47 Å². The number of ether oxygens (including phenoxy) is 2. The van der Waals surface area contributed by atoms with Gasteiger partial charge in [0.15, 0.2) is 11.0 Å². The number of nitrogens with zero attached hydrogens (tertiary/aromatic N) is 3. The zero-order chi connectivity index (χ0) is 20.2. The molecular formula is C21H21BrFN3O2S. The Bertz CT molecular complexity index is 975. The van der Waals surface area contributed by atoms with Gasteiger partial charge < -0.3 is 9.47 Å². The lowest BCUT2D eigenvalue weighted by molar-refractivity contribution is 0.0953. The van der Waals surface area contributed by atoms with Crippen molar-refractivity contribution in [1.82, 2.24) is 14.8 Å². The summed E-state index contributed by atoms with van der Waals surface area (Å²) in [6, 6.07) is 12.6. The van der Waals surface area contributed by atoms with Crippen LogP contribution in [0.25, 0.3) is 11.4 Å². The number of rotatable bonds is 7. The van der Waals surface area contributed by atoms with Crippen LogP contribution in [0.15, 0.2) is 52.1 Å². The van der Waals surface area contributed by atoms with E-state index in [9.17, 15) is 4.39 Å². The van der Waals surface area contributed by atoms with Crippen molar-refractivity contribution >= 4 is 27.7 Å². The first-order chi connectivity index (χ1) is 14.1. The Morgan fingerprint density at radius 1 is 1.24 bits per heavy atom. The fraction of sp³-hybridized carbons (Fsp3) is 0.333. The number of halogens is 2. The number of thioether (sulfide) groups is 1. The van der Waals surface area contributed by atoms with E-state index in [-0.39, 0.29) is 11.9 Å². The van der Waals surface area contributed by atoms with Gasteiger partial charge in [0.05, 0.1) is 19.8 Å². The molecule has 0 N–H and O–H groups in total. The SMILES string of the molecule is COc1ccc(-c2nnc(SCc3ccc(F)cc3Br)n2CC2CCCO2)cc1. The van der Waals surface area contributed by atoms with E-state index in [1.807, 2.05) is 24.3 Å². The molecule has 152 valence electrons. The predicted molar refractivity (Wildman–Crippen MR) is 115 cm³/mol. The molecule has 1 atom stereocenters. The normalized spacial score (nSPS) is 16.3. The second kappa shape index (κ2) is 9.28. The molecule has 5 nitrogen and oxygen atoms in total. The zero-order valence-electron chi connectivity index (χ0n) is 16.0. The van der Waals surface area contributed by atoms with Gasteiger partial charge in [-0.1, -0.05) is 33.8 Å². The van der Waals surface area contributed by atoms with Crippen LogP contribution in [0, 0.1) is 5.82 Å². The summed E-state index contributed by atoms with van der Waals surface area (Å²) >= 11 is 5.02. The van der Waals surface area contributed by atoms with Crippen LogP contribution in [0.5, 0.6) is 5.75 Å². The third-order valence-electron chi connectivity index (χ3n) is 4.85. The molecule has 2 heterocycles. The van der Waals surface area contributed by atoms with Crippen LogP contribution >= 0.6 is 27.7 Å². The summed E-state index contributed by atoms with van der Waals surface area (Å²) < 4.78 is 27.3. The Balaban J connectivity index is 1.60. The maximum atomic E-state index is 13.4. The largest absolute Gasteiger partial charge is 0.497 e. The van der Waals surface area contributed by atoms with Gasteiger partial charge in [0, 0.05) is 22.4 Å². The lowest BCUT2D eigenvalue weighted by Crippen LogP contribution is -2.16. The van der Waals surface area contributed by atoms with E-state index < -0.39 is 0 Å². The summed E-state index contributed by atoms with van der Waals surface area (Å²) in [6.07, 6.45) is 2.28. The molecule has 0 bridgehead atoms. The maximum absolute atomic E-state index is 13.4. The van der Waals surface area contributed by atoms with Crippen LogP contribution in [0.4, 0.5) is 4.39 Å². The number of aromatic nitrogens is 3. The second-order valence-corrected chi connectivity index (χ2v) is 8.60. The van der Waals surface area contributed by atoms with Gasteiger partial charge in [-0.2, -0.15) is 0 Å². The monoisotopic (exact) mass is 477 g/mol. The highest BCUT2D eigenvalue weighted by molar-refractivity contribution is 9.10. The van der Waals surface area contributed by atoms with Gasteiger partial charge >= 0.3 is 0 Å². The summed E-state index contributed by atoms with van der Waals surface area (Å²) in [5.74, 6) is 2.01. The third kappa shape index (κ3) is 4.82. The molecule has 0 spiro atoms. The molecule has 1 unspecified atom stereocenters. The van der Waals surface area contributed by atoms with Crippen molar-refractivity contribution in [3.8, 4) is 17.1 Å². The molecule has 0 radical (unpaired) electrons. The summed E-state index contributed by atoms with van der Waals surface area (Å²) in [7, 11) is 1.65. The smallest absolute Gasteiger partial charge is 0.191 e. The van der Waals surface area contributed by atoms with Crippen LogP contribution < -0.4 is 4.74 Å². The first kappa shape index (κ1) is 20.4. The van der Waals surface area contributed by atoms with Crippen LogP contribution in [0.2, 0.25) is 0 Å². The van der Waals surface area contributed by atoms with E-state index in [0.29, 0.717) is 12.3 Å². The molecule has 4 rings (SSSR count). The summed E-state index contributed by atoms with van der Waals surface area (Å²) in [4.78, 5) is 0. The highest BCUT2D eigenvalue weighted by Gasteiger charge is 2.22. The zero-order valence-corrected chi connectivity index (χ0v) is 18.4. The average Bonchev–Trinajstić information content (AvgIpc) is 3.38. The Hall–Kier alpha value is -1.90. The van der Waals surface area contributed by atoms with Crippen molar-refractivity contribution in [1.29, 1.82) is 0 Å². The molecule has 8 heteroatoms. The summed E-state index contributed by atoms with van der Waals surface area (Å²) in [5.41, 5.74) is 1.99. The first-order valence-electron chi connectivity index (χ1n) is 9.40. The molecule has 1 aromatic heterocycles. The average molecular weight is 478 g/mol. The minimum Gasteiger partial charge on any atom is -0.497 e. The van der Waals surface area contributed by atoms with E-state index in [2.05, 4.69) is 30.7 Å². The Kier molecular flexibility index (Phi) is 6.52. The van der Waals surface area contributed by atoms with Crippen molar-refractivity contribution in [2.45, 2.75) is 36.4 Å². The van der Waals surface area contributed by atoms with E-state index in [0.717, 1.165) is 51.8 Å². The topological polar surface area (TPSA) is 49.2 Å². The van der Waals surface area contributed by atoms with E-state index >= 15 is 0 Å². The van der Waals surface area contributed by atoms with Crippen molar-refractivity contribution in [3.63, 3.8) is 0 Å². The standard InChI is InChI=1S/C21H21BrFN3O2S/c1-27-17-8-5-14(6-9-17)20-24-25-21(26(20)12-18-3-2-10-28-18)29-13-15-4-7-16(23)11-19(15)22/h4-9,11,18H,2-3,10,12-13H2,1H3. The molecule has 0 amide bonds. The van der Waals surface area contributed by atoms with Crippen molar-refractivity contribution in [2.24, 2.45) is 0 Å². The van der Waals surface area contributed by atoms with Crippen LogP contribution in [-0.2, 0) is 17.0 Å². The Labute approximate surface area is 181 Å². The van der Waals surface area contributed by atoms with Gasteiger partial charge in [-0.25, -0.2) is 4.39 Å². The van der Waals surface area contributed by atoms with Gasteiger partial charge in [0.1, 0.15) is 11.6 Å². The molecule has 1 aliphatic rings. The number of benzene rings is 2. The first-order valence-corrected chi connectivity index (χ1v) is 11.2. The van der Waals surface area contributed by atoms with Crippen LogP contribution in [-0.4, -0.2) is 34.6 Å². The number of methoxy groups -OCH3 is 1. The van der Waals surface area contributed by atoms with E-state index in [1.165, 1.54) is 12.1 Å². The van der Waals surface area contributed by atoms with Gasteiger partial charge in [0.25, 0.3) is 0 Å². The van der Waals surface area contributed by atoms with Crippen molar-refractivity contribution in [3.05, 3.63) is 58.3 Å². The molecule has 0 aliphatic carbocycles. The fourth-order valence-corrected chi connectivity index (χ4v) is 4.92. The van der Waals surface area contributed by atoms with Gasteiger partial charge in [0.2, 0.25) is 0 Å². The minimum atomic E-state index is -0.256. The van der Waals surface area contributed by atoms with Crippen molar-refractivity contribution in [2.75, 3.05) is 13.7 Å². The van der Waals surface area contributed by atoms with Gasteiger partial charge in [-0.3, -0.25) is 4.57 Å². The minimum absolute atomic E-state index is 0.167. The molecule has 29 heavy (non-hydrogen) atoms. The van der Waals surface area contributed by atoms with Crippen molar-refractivity contribution < 1.29 is 13.9 Å². The molecular weight excluding hydrogens is 457 g/mol. The number of hydrogen-bond acceptors (Lipinski definition) is 5. The van der Waals surface area contributed by atoms with Crippen LogP contribution in [0.1, 0.15) is 18.4 Å². The lowest BCUT2D eigenvalue weighted by atomic mass is 10.2. The summed E-state index contributed by atoms with van der Waals surface area (Å²) in [6.45, 7) is 1.51. The Morgan fingerprint density at radius 3 is 2.76 bits per heavy atom. The molecule has 1 fully saturated rings. The fourth-order valence-electron chi connectivity index (χ4n) is 3.29. The highest BCUT2D eigenvalue weighted by atomic mass is 79.9. The van der Waals surface area contributed by atoms with Gasteiger partial charge in [-0.05, 0) is 54.8 Å². The highest BCUT2D eigenvalue weighted by Crippen LogP contribution is 2.31. The Morgan fingerprint density at radius 2 is 2.07 bits per heavy atom. The second-order valence-electron chi connectivity index (χ2n) is 6.80. The molecule has 1 aliphatic heterocycles. The van der Waals surface area contributed by atoms with Crippen LogP contribution in [0.3, 0.4) is 0 Å². The summed E-state index contributed by atoms with van der Waals surface area (Å²) in [5, 5.41) is 9.72. The molecule has 1 saturated heterocycles. The molecule has 3 aromatic rings.